The first-order valence-electron chi connectivity index (χ1n) is 10.0. The Labute approximate surface area is 168 Å². The summed E-state index contributed by atoms with van der Waals surface area (Å²) in [6.45, 7) is 4.05. The lowest BCUT2D eigenvalue weighted by molar-refractivity contribution is -0.143. The smallest absolute Gasteiger partial charge is 0.339 e. The van der Waals surface area contributed by atoms with Crippen molar-refractivity contribution in [3.05, 3.63) is 39.2 Å². The van der Waals surface area contributed by atoms with E-state index in [9.17, 15) is 19.5 Å². The third-order valence-corrected chi connectivity index (χ3v) is 6.06. The number of carbonyl (C=O) groups is 2. The summed E-state index contributed by atoms with van der Waals surface area (Å²) in [5.74, 6) is -0.751. The van der Waals surface area contributed by atoms with Gasteiger partial charge in [-0.2, -0.15) is 0 Å². The van der Waals surface area contributed by atoms with Crippen LogP contribution in [0, 0.1) is 25.7 Å². The number of aliphatic carboxylic acids is 1. The van der Waals surface area contributed by atoms with Crippen molar-refractivity contribution in [2.24, 2.45) is 11.8 Å². The standard InChI is InChI=1S/C22H27NO6/c1-12-16-7-9-18(24)13(2)20(16)29-22(28)17(12)8-10-19(25)23-11-14-3-5-15(6-4-14)21(26)27/h7,9,14-15,24H,3-6,8,10-11H2,1-2H3,(H,23,25)(H,26,27). The van der Waals surface area contributed by atoms with Crippen LogP contribution in [-0.4, -0.2) is 28.6 Å². The van der Waals surface area contributed by atoms with E-state index in [-0.39, 0.29) is 30.4 Å². The van der Waals surface area contributed by atoms with Crippen LogP contribution in [0.25, 0.3) is 11.0 Å². The molecule has 1 fully saturated rings. The van der Waals surface area contributed by atoms with E-state index in [0.717, 1.165) is 23.8 Å². The molecule has 2 aromatic rings. The van der Waals surface area contributed by atoms with Crippen LogP contribution >= 0.6 is 0 Å². The molecular weight excluding hydrogens is 374 g/mol. The number of phenolic OH excluding ortho intramolecular Hbond substituents is 1. The second-order valence-corrected chi connectivity index (χ2v) is 7.94. The Hall–Kier alpha value is -2.83. The van der Waals surface area contributed by atoms with Gasteiger partial charge in [-0.25, -0.2) is 4.79 Å². The number of carboxylic acids is 1. The molecule has 0 radical (unpaired) electrons. The number of hydrogen-bond acceptors (Lipinski definition) is 5. The zero-order chi connectivity index (χ0) is 21.1. The highest BCUT2D eigenvalue weighted by Gasteiger charge is 2.26. The van der Waals surface area contributed by atoms with Crippen molar-refractivity contribution in [3.63, 3.8) is 0 Å². The van der Waals surface area contributed by atoms with Gasteiger partial charge in [-0.15, -0.1) is 0 Å². The van der Waals surface area contributed by atoms with Crippen LogP contribution in [0.15, 0.2) is 21.3 Å². The number of carboxylic acid groups (broad SMARTS) is 1. The highest BCUT2D eigenvalue weighted by atomic mass is 16.4. The average Bonchev–Trinajstić information content (AvgIpc) is 2.69. The molecule has 1 aliphatic rings. The van der Waals surface area contributed by atoms with Gasteiger partial charge in [-0.3, -0.25) is 9.59 Å². The van der Waals surface area contributed by atoms with Crippen molar-refractivity contribution in [3.8, 4) is 5.75 Å². The Kier molecular flexibility index (Phi) is 6.25. The van der Waals surface area contributed by atoms with E-state index in [2.05, 4.69) is 5.32 Å². The molecule has 29 heavy (non-hydrogen) atoms. The lowest BCUT2D eigenvalue weighted by Crippen LogP contribution is -2.32. The number of nitrogens with one attached hydrogen (secondary N) is 1. The number of phenols is 1. The fourth-order valence-electron chi connectivity index (χ4n) is 4.07. The maximum Gasteiger partial charge on any atom is 0.339 e. The molecule has 0 aliphatic heterocycles. The molecule has 1 aromatic carbocycles. The lowest BCUT2D eigenvalue weighted by atomic mass is 9.82. The van der Waals surface area contributed by atoms with Crippen LogP contribution in [0.1, 0.15) is 48.8 Å². The van der Waals surface area contributed by atoms with E-state index in [0.29, 0.717) is 42.0 Å². The maximum atomic E-state index is 12.4. The molecule has 1 heterocycles. The van der Waals surface area contributed by atoms with Gasteiger partial charge in [-0.05, 0) is 69.6 Å². The van der Waals surface area contributed by atoms with E-state index < -0.39 is 11.6 Å². The number of carbonyl (C=O) groups excluding carboxylic acids is 1. The number of amides is 1. The summed E-state index contributed by atoms with van der Waals surface area (Å²) >= 11 is 0. The molecule has 3 rings (SSSR count). The van der Waals surface area contributed by atoms with Gasteiger partial charge < -0.3 is 19.9 Å². The largest absolute Gasteiger partial charge is 0.508 e. The summed E-state index contributed by atoms with van der Waals surface area (Å²) in [7, 11) is 0. The molecule has 7 nitrogen and oxygen atoms in total. The van der Waals surface area contributed by atoms with E-state index in [1.54, 1.807) is 19.1 Å². The Morgan fingerprint density at radius 2 is 1.83 bits per heavy atom. The second-order valence-electron chi connectivity index (χ2n) is 7.94. The number of aryl methyl sites for hydroxylation is 2. The van der Waals surface area contributed by atoms with Gasteiger partial charge in [0.15, 0.2) is 0 Å². The maximum absolute atomic E-state index is 12.4. The fraction of sp³-hybridized carbons (Fsp3) is 0.500. The predicted octanol–water partition coefficient (Wildman–Crippen LogP) is 3.06. The van der Waals surface area contributed by atoms with Crippen molar-refractivity contribution in [2.75, 3.05) is 6.54 Å². The van der Waals surface area contributed by atoms with Gasteiger partial charge in [0, 0.05) is 29.5 Å². The van der Waals surface area contributed by atoms with E-state index in [1.165, 1.54) is 0 Å². The predicted molar refractivity (Wildman–Crippen MR) is 108 cm³/mol. The lowest BCUT2D eigenvalue weighted by Gasteiger charge is -2.26. The molecule has 156 valence electrons. The molecule has 7 heteroatoms. The molecule has 0 atom stereocenters. The summed E-state index contributed by atoms with van der Waals surface area (Å²) in [6.07, 6.45) is 3.37. The van der Waals surface area contributed by atoms with Gasteiger partial charge in [0.05, 0.1) is 5.92 Å². The van der Waals surface area contributed by atoms with Gasteiger partial charge in [0.1, 0.15) is 11.3 Å². The Balaban J connectivity index is 1.58. The van der Waals surface area contributed by atoms with Gasteiger partial charge in [0.2, 0.25) is 5.91 Å². The van der Waals surface area contributed by atoms with Crippen molar-refractivity contribution in [1.29, 1.82) is 0 Å². The highest BCUT2D eigenvalue weighted by Crippen LogP contribution is 2.29. The molecule has 1 amide bonds. The molecule has 1 saturated carbocycles. The summed E-state index contributed by atoms with van der Waals surface area (Å²) in [5, 5.41) is 22.5. The average molecular weight is 401 g/mol. The Morgan fingerprint density at radius 3 is 2.48 bits per heavy atom. The van der Waals surface area contributed by atoms with Crippen LogP contribution in [0.4, 0.5) is 0 Å². The van der Waals surface area contributed by atoms with Crippen molar-refractivity contribution < 1.29 is 24.2 Å². The first-order chi connectivity index (χ1) is 13.8. The summed E-state index contributed by atoms with van der Waals surface area (Å²) in [5.41, 5.74) is 1.64. The zero-order valence-corrected chi connectivity index (χ0v) is 16.8. The third-order valence-electron chi connectivity index (χ3n) is 6.06. The summed E-state index contributed by atoms with van der Waals surface area (Å²) in [6, 6.07) is 3.28. The minimum absolute atomic E-state index is 0.0737. The zero-order valence-electron chi connectivity index (χ0n) is 16.8. The number of fused-ring (bicyclic) bond motifs is 1. The normalized spacial score (nSPS) is 19.2. The van der Waals surface area contributed by atoms with Crippen LogP contribution in [0.3, 0.4) is 0 Å². The van der Waals surface area contributed by atoms with Crippen LogP contribution < -0.4 is 10.9 Å². The van der Waals surface area contributed by atoms with Gasteiger partial charge in [0.25, 0.3) is 0 Å². The third kappa shape index (κ3) is 4.60. The molecule has 0 bridgehead atoms. The monoisotopic (exact) mass is 401 g/mol. The highest BCUT2D eigenvalue weighted by molar-refractivity contribution is 5.85. The number of benzene rings is 1. The SMILES string of the molecule is Cc1c(CCC(=O)NCC2CCC(C(=O)O)CC2)c(=O)oc2c(C)c(O)ccc12. The first-order valence-corrected chi connectivity index (χ1v) is 10.0. The quantitative estimate of drug-likeness (QED) is 0.641. The Morgan fingerprint density at radius 1 is 1.14 bits per heavy atom. The van der Waals surface area contributed by atoms with E-state index in [1.807, 2.05) is 6.92 Å². The summed E-state index contributed by atoms with van der Waals surface area (Å²) < 4.78 is 5.41. The van der Waals surface area contributed by atoms with Crippen LogP contribution in [0.2, 0.25) is 0 Å². The molecule has 3 N–H and O–H groups in total. The van der Waals surface area contributed by atoms with Gasteiger partial charge >= 0.3 is 11.6 Å². The summed E-state index contributed by atoms with van der Waals surface area (Å²) in [4.78, 5) is 35.6. The minimum Gasteiger partial charge on any atom is -0.508 e. The topological polar surface area (TPSA) is 117 Å². The molecule has 0 spiro atoms. The molecule has 1 aromatic heterocycles. The van der Waals surface area contributed by atoms with Gasteiger partial charge in [-0.1, -0.05) is 0 Å². The first kappa shape index (κ1) is 20.9. The Bertz CT molecular complexity index is 985. The molecular formula is C22H27NO6. The number of rotatable bonds is 6. The van der Waals surface area contributed by atoms with Crippen molar-refractivity contribution in [2.45, 2.75) is 52.4 Å². The van der Waals surface area contributed by atoms with Crippen molar-refractivity contribution >= 4 is 22.8 Å². The number of hydrogen-bond donors (Lipinski definition) is 3. The molecule has 0 saturated heterocycles. The van der Waals surface area contributed by atoms with E-state index >= 15 is 0 Å². The minimum atomic E-state index is -0.734. The fourth-order valence-corrected chi connectivity index (χ4v) is 4.07. The van der Waals surface area contributed by atoms with Crippen molar-refractivity contribution in [1.82, 2.24) is 5.32 Å². The van der Waals surface area contributed by atoms with Crippen LogP contribution in [0.5, 0.6) is 5.75 Å². The van der Waals surface area contributed by atoms with E-state index in [4.69, 9.17) is 9.52 Å². The molecule has 1 aliphatic carbocycles. The number of aromatic hydroxyl groups is 1. The second kappa shape index (κ2) is 8.68. The van der Waals surface area contributed by atoms with Crippen LogP contribution in [-0.2, 0) is 16.0 Å². The molecule has 0 unspecified atom stereocenters.